The summed E-state index contributed by atoms with van der Waals surface area (Å²) in [6.45, 7) is 3.67. The van der Waals surface area contributed by atoms with Gasteiger partial charge in [0.1, 0.15) is 0 Å². The summed E-state index contributed by atoms with van der Waals surface area (Å²) in [6.07, 6.45) is -0.654. The van der Waals surface area contributed by atoms with Crippen molar-refractivity contribution < 1.29 is 5.11 Å². The van der Waals surface area contributed by atoms with E-state index in [2.05, 4.69) is 0 Å². The summed E-state index contributed by atoms with van der Waals surface area (Å²) in [6, 6.07) is 13.9. The molecule has 1 atom stereocenters. The molecule has 2 aromatic rings. The van der Waals surface area contributed by atoms with Crippen molar-refractivity contribution in [3.8, 4) is 0 Å². The number of fused-ring (bicyclic) bond motifs is 1. The lowest BCUT2D eigenvalue weighted by molar-refractivity contribution is 0.106. The molecule has 3 N–H and O–H groups in total. The Hall–Kier alpha value is -1.38. The lowest BCUT2D eigenvalue weighted by atomic mass is 9.89. The monoisotopic (exact) mass is 215 g/mol. The SMILES string of the molecule is CC(C)(N)[C@H](O)c1cccc2ccccc12. The molecule has 0 heterocycles. The van der Waals surface area contributed by atoms with E-state index >= 15 is 0 Å². The van der Waals surface area contributed by atoms with E-state index in [1.165, 1.54) is 0 Å². The molecule has 16 heavy (non-hydrogen) atoms. The standard InChI is InChI=1S/C14H17NO/c1-14(2,15)13(16)12-9-5-7-10-6-3-4-8-11(10)12/h3-9,13,16H,15H2,1-2H3/t13-/m1/s1. The van der Waals surface area contributed by atoms with Crippen LogP contribution >= 0.6 is 0 Å². The average Bonchev–Trinajstić information content (AvgIpc) is 2.26. The van der Waals surface area contributed by atoms with Gasteiger partial charge in [-0.2, -0.15) is 0 Å². The number of nitrogens with two attached hydrogens (primary N) is 1. The number of rotatable bonds is 2. The Balaban J connectivity index is 2.61. The number of aliphatic hydroxyl groups is 1. The van der Waals surface area contributed by atoms with Gasteiger partial charge in [0.25, 0.3) is 0 Å². The van der Waals surface area contributed by atoms with Crippen molar-refractivity contribution in [3.05, 3.63) is 48.0 Å². The van der Waals surface area contributed by atoms with E-state index in [9.17, 15) is 5.11 Å². The zero-order valence-electron chi connectivity index (χ0n) is 9.64. The van der Waals surface area contributed by atoms with Crippen LogP contribution in [0.15, 0.2) is 42.5 Å². The van der Waals surface area contributed by atoms with E-state index in [-0.39, 0.29) is 0 Å². The van der Waals surface area contributed by atoms with Crippen LogP contribution in [0.3, 0.4) is 0 Å². The van der Waals surface area contributed by atoms with Gasteiger partial charge < -0.3 is 10.8 Å². The molecule has 2 nitrogen and oxygen atoms in total. The minimum absolute atomic E-state index is 0.635. The van der Waals surface area contributed by atoms with Crippen LogP contribution in [0.2, 0.25) is 0 Å². The zero-order chi connectivity index (χ0) is 11.8. The summed E-state index contributed by atoms with van der Waals surface area (Å²) < 4.78 is 0. The van der Waals surface area contributed by atoms with E-state index < -0.39 is 11.6 Å². The van der Waals surface area contributed by atoms with Crippen molar-refractivity contribution >= 4 is 10.8 Å². The predicted octanol–water partition coefficient (Wildman–Crippen LogP) is 2.61. The molecule has 0 amide bonds. The van der Waals surface area contributed by atoms with Crippen molar-refractivity contribution in [1.29, 1.82) is 0 Å². The highest BCUT2D eigenvalue weighted by molar-refractivity contribution is 5.86. The summed E-state index contributed by atoms with van der Waals surface area (Å²) >= 11 is 0. The van der Waals surface area contributed by atoms with Gasteiger partial charge in [-0.25, -0.2) is 0 Å². The van der Waals surface area contributed by atoms with Crippen LogP contribution in [-0.2, 0) is 0 Å². The highest BCUT2D eigenvalue weighted by Crippen LogP contribution is 2.29. The van der Waals surface area contributed by atoms with E-state index in [1.54, 1.807) is 0 Å². The fraction of sp³-hybridized carbons (Fsp3) is 0.286. The molecule has 2 heteroatoms. The Kier molecular flexibility index (Phi) is 2.70. The number of hydrogen-bond acceptors (Lipinski definition) is 2. The van der Waals surface area contributed by atoms with Gasteiger partial charge in [0.05, 0.1) is 6.10 Å². The lowest BCUT2D eigenvalue weighted by Crippen LogP contribution is -2.39. The number of hydrogen-bond donors (Lipinski definition) is 2. The molecular weight excluding hydrogens is 198 g/mol. The third-order valence-electron chi connectivity index (χ3n) is 2.82. The van der Waals surface area contributed by atoms with Crippen LogP contribution < -0.4 is 5.73 Å². The van der Waals surface area contributed by atoms with Gasteiger partial charge in [-0.3, -0.25) is 0 Å². The minimum atomic E-state index is -0.654. The zero-order valence-corrected chi connectivity index (χ0v) is 9.64. The molecule has 2 aromatic carbocycles. The smallest absolute Gasteiger partial charge is 0.0969 e. The lowest BCUT2D eigenvalue weighted by Gasteiger charge is -2.27. The molecule has 0 unspecified atom stereocenters. The van der Waals surface area contributed by atoms with Crippen molar-refractivity contribution in [3.63, 3.8) is 0 Å². The average molecular weight is 215 g/mol. The Bertz CT molecular complexity index is 494. The van der Waals surface area contributed by atoms with Crippen LogP contribution in [0, 0.1) is 0 Å². The molecule has 0 saturated carbocycles. The number of aliphatic hydroxyl groups excluding tert-OH is 1. The predicted molar refractivity (Wildman–Crippen MR) is 67.2 cm³/mol. The molecule has 0 saturated heterocycles. The van der Waals surface area contributed by atoms with Crippen LogP contribution in [-0.4, -0.2) is 10.6 Å². The third-order valence-corrected chi connectivity index (χ3v) is 2.82. The molecular formula is C14H17NO. The second kappa shape index (κ2) is 3.89. The fourth-order valence-electron chi connectivity index (χ4n) is 1.89. The molecule has 0 spiro atoms. The minimum Gasteiger partial charge on any atom is -0.386 e. The largest absolute Gasteiger partial charge is 0.386 e. The normalized spacial score (nSPS) is 14.0. The van der Waals surface area contributed by atoms with Gasteiger partial charge in [0, 0.05) is 5.54 Å². The molecule has 2 rings (SSSR count). The summed E-state index contributed by atoms with van der Waals surface area (Å²) in [7, 11) is 0. The Morgan fingerprint density at radius 3 is 2.38 bits per heavy atom. The van der Waals surface area contributed by atoms with Gasteiger partial charge in [0.15, 0.2) is 0 Å². The molecule has 0 aliphatic rings. The van der Waals surface area contributed by atoms with Crippen molar-refractivity contribution in [1.82, 2.24) is 0 Å². The molecule has 0 aliphatic carbocycles. The van der Waals surface area contributed by atoms with E-state index in [0.29, 0.717) is 0 Å². The van der Waals surface area contributed by atoms with E-state index in [4.69, 9.17) is 5.73 Å². The topological polar surface area (TPSA) is 46.2 Å². The Morgan fingerprint density at radius 2 is 1.69 bits per heavy atom. The Morgan fingerprint density at radius 1 is 1.06 bits per heavy atom. The molecule has 0 radical (unpaired) electrons. The highest BCUT2D eigenvalue weighted by atomic mass is 16.3. The first-order valence-corrected chi connectivity index (χ1v) is 5.45. The second-order valence-electron chi connectivity index (χ2n) is 4.79. The first kappa shape index (κ1) is 11.1. The fourth-order valence-corrected chi connectivity index (χ4v) is 1.89. The maximum absolute atomic E-state index is 10.2. The molecule has 0 fully saturated rings. The first-order valence-electron chi connectivity index (χ1n) is 5.45. The molecule has 0 aliphatic heterocycles. The van der Waals surface area contributed by atoms with Gasteiger partial charge in [-0.15, -0.1) is 0 Å². The van der Waals surface area contributed by atoms with Crippen molar-refractivity contribution in [2.45, 2.75) is 25.5 Å². The van der Waals surface area contributed by atoms with Gasteiger partial charge in [-0.1, -0.05) is 42.5 Å². The van der Waals surface area contributed by atoms with E-state index in [0.717, 1.165) is 16.3 Å². The van der Waals surface area contributed by atoms with Crippen molar-refractivity contribution in [2.24, 2.45) is 5.73 Å². The van der Waals surface area contributed by atoms with Crippen molar-refractivity contribution in [2.75, 3.05) is 0 Å². The van der Waals surface area contributed by atoms with Crippen LogP contribution in [0.1, 0.15) is 25.5 Å². The van der Waals surface area contributed by atoms with Crippen LogP contribution in [0.4, 0.5) is 0 Å². The maximum atomic E-state index is 10.2. The summed E-state index contributed by atoms with van der Waals surface area (Å²) in [4.78, 5) is 0. The first-order chi connectivity index (χ1) is 7.50. The van der Waals surface area contributed by atoms with Gasteiger partial charge in [0.2, 0.25) is 0 Å². The van der Waals surface area contributed by atoms with Crippen LogP contribution in [0.25, 0.3) is 10.8 Å². The summed E-state index contributed by atoms with van der Waals surface area (Å²) in [5, 5.41) is 12.4. The molecule has 0 bridgehead atoms. The second-order valence-corrected chi connectivity index (χ2v) is 4.79. The molecule has 0 aromatic heterocycles. The van der Waals surface area contributed by atoms with Crippen LogP contribution in [0.5, 0.6) is 0 Å². The summed E-state index contributed by atoms with van der Waals surface area (Å²) in [5.74, 6) is 0. The van der Waals surface area contributed by atoms with E-state index in [1.807, 2.05) is 56.3 Å². The Labute approximate surface area is 95.7 Å². The molecule has 84 valence electrons. The highest BCUT2D eigenvalue weighted by Gasteiger charge is 2.25. The van der Waals surface area contributed by atoms with Gasteiger partial charge in [-0.05, 0) is 30.2 Å². The number of benzene rings is 2. The third kappa shape index (κ3) is 1.94. The summed E-state index contributed by atoms with van der Waals surface area (Å²) in [5.41, 5.74) is 6.21. The quantitative estimate of drug-likeness (QED) is 0.809. The maximum Gasteiger partial charge on any atom is 0.0969 e. The van der Waals surface area contributed by atoms with Gasteiger partial charge >= 0.3 is 0 Å².